The van der Waals surface area contributed by atoms with Gasteiger partial charge in [0.25, 0.3) is 0 Å². The maximum absolute atomic E-state index is 13.0. The first-order chi connectivity index (χ1) is 9.22. The zero-order valence-electron chi connectivity index (χ0n) is 10.6. The number of benzene rings is 2. The standard InChI is InChI=1S/C15H14FN3/c1-10-6-13(16)3-2-11(10)8-17-14-4-5-15-12(7-14)9-18-19-15/h2-7,9,17H,8H2,1H3,(H,18,19). The maximum atomic E-state index is 13.0. The first-order valence-corrected chi connectivity index (χ1v) is 6.14. The average Bonchev–Trinajstić information content (AvgIpc) is 2.85. The summed E-state index contributed by atoms with van der Waals surface area (Å²) in [5.74, 6) is -0.193. The molecule has 0 fully saturated rings. The van der Waals surface area contributed by atoms with E-state index in [9.17, 15) is 4.39 Å². The molecule has 1 heterocycles. The fourth-order valence-corrected chi connectivity index (χ4v) is 2.11. The monoisotopic (exact) mass is 255 g/mol. The number of hydrogen-bond donors (Lipinski definition) is 2. The largest absolute Gasteiger partial charge is 0.381 e. The van der Waals surface area contributed by atoms with Gasteiger partial charge in [-0.1, -0.05) is 6.07 Å². The molecule has 3 rings (SSSR count). The summed E-state index contributed by atoms with van der Waals surface area (Å²) in [5, 5.41) is 11.3. The van der Waals surface area contributed by atoms with Crippen molar-refractivity contribution in [3.8, 4) is 0 Å². The van der Waals surface area contributed by atoms with Crippen LogP contribution < -0.4 is 5.32 Å². The minimum absolute atomic E-state index is 0.193. The van der Waals surface area contributed by atoms with Gasteiger partial charge in [0.1, 0.15) is 5.82 Å². The molecule has 2 N–H and O–H groups in total. The van der Waals surface area contributed by atoms with Gasteiger partial charge in [-0.2, -0.15) is 5.10 Å². The summed E-state index contributed by atoms with van der Waals surface area (Å²) >= 11 is 0. The van der Waals surface area contributed by atoms with Crippen LogP contribution in [0.1, 0.15) is 11.1 Å². The molecule has 3 nitrogen and oxygen atoms in total. The molecule has 0 radical (unpaired) electrons. The van der Waals surface area contributed by atoms with Crippen molar-refractivity contribution in [2.24, 2.45) is 0 Å². The molecule has 0 saturated heterocycles. The van der Waals surface area contributed by atoms with E-state index in [1.807, 2.05) is 31.2 Å². The Balaban J connectivity index is 1.77. The van der Waals surface area contributed by atoms with Crippen LogP contribution in [0.15, 0.2) is 42.6 Å². The van der Waals surface area contributed by atoms with Gasteiger partial charge >= 0.3 is 0 Å². The predicted octanol–water partition coefficient (Wildman–Crippen LogP) is 3.62. The lowest BCUT2D eigenvalue weighted by molar-refractivity contribution is 0.625. The Bertz CT molecular complexity index is 718. The number of H-pyrrole nitrogens is 1. The number of hydrogen-bond acceptors (Lipinski definition) is 2. The van der Waals surface area contributed by atoms with Crippen LogP contribution in [0.25, 0.3) is 10.9 Å². The Morgan fingerprint density at radius 1 is 1.21 bits per heavy atom. The van der Waals surface area contributed by atoms with Gasteiger partial charge in [0.05, 0.1) is 11.7 Å². The van der Waals surface area contributed by atoms with Crippen molar-refractivity contribution in [1.29, 1.82) is 0 Å². The number of aryl methyl sites for hydroxylation is 1. The van der Waals surface area contributed by atoms with Crippen molar-refractivity contribution in [3.05, 3.63) is 59.5 Å². The van der Waals surface area contributed by atoms with Gasteiger partial charge in [0.15, 0.2) is 0 Å². The van der Waals surface area contributed by atoms with Gasteiger partial charge in [0, 0.05) is 17.6 Å². The zero-order chi connectivity index (χ0) is 13.2. The minimum Gasteiger partial charge on any atom is -0.381 e. The second kappa shape index (κ2) is 4.72. The smallest absolute Gasteiger partial charge is 0.123 e. The summed E-state index contributed by atoms with van der Waals surface area (Å²) in [4.78, 5) is 0. The minimum atomic E-state index is -0.193. The highest BCUT2D eigenvalue weighted by Gasteiger charge is 2.01. The molecule has 1 aromatic heterocycles. The fourth-order valence-electron chi connectivity index (χ4n) is 2.11. The van der Waals surface area contributed by atoms with Crippen molar-refractivity contribution >= 4 is 16.6 Å². The molecule has 96 valence electrons. The second-order valence-electron chi connectivity index (χ2n) is 4.60. The Hall–Kier alpha value is -2.36. The van der Waals surface area contributed by atoms with Crippen molar-refractivity contribution < 1.29 is 4.39 Å². The first kappa shape index (κ1) is 11.7. The van der Waals surface area contributed by atoms with Crippen LogP contribution in [0.3, 0.4) is 0 Å². The molecule has 0 aliphatic rings. The van der Waals surface area contributed by atoms with Crippen molar-refractivity contribution in [2.45, 2.75) is 13.5 Å². The van der Waals surface area contributed by atoms with Crippen LogP contribution in [-0.2, 0) is 6.54 Å². The molecule has 19 heavy (non-hydrogen) atoms. The number of fused-ring (bicyclic) bond motifs is 1. The van der Waals surface area contributed by atoms with Crippen LogP contribution in [0, 0.1) is 12.7 Å². The molecule has 0 saturated carbocycles. The highest BCUT2D eigenvalue weighted by Crippen LogP contribution is 2.18. The topological polar surface area (TPSA) is 40.7 Å². The van der Waals surface area contributed by atoms with E-state index in [4.69, 9.17) is 0 Å². The van der Waals surface area contributed by atoms with Crippen molar-refractivity contribution in [1.82, 2.24) is 10.2 Å². The van der Waals surface area contributed by atoms with Gasteiger partial charge in [0.2, 0.25) is 0 Å². The Kier molecular flexibility index (Phi) is 2.91. The van der Waals surface area contributed by atoms with Gasteiger partial charge in [-0.3, -0.25) is 5.10 Å². The highest BCUT2D eigenvalue weighted by atomic mass is 19.1. The fraction of sp³-hybridized carbons (Fsp3) is 0.133. The van der Waals surface area contributed by atoms with Crippen LogP contribution in [0.4, 0.5) is 10.1 Å². The highest BCUT2D eigenvalue weighted by molar-refractivity contribution is 5.81. The van der Waals surface area contributed by atoms with E-state index >= 15 is 0 Å². The predicted molar refractivity (Wildman–Crippen MR) is 74.6 cm³/mol. The van der Waals surface area contributed by atoms with E-state index in [1.54, 1.807) is 12.3 Å². The molecule has 0 spiro atoms. The molecule has 4 heteroatoms. The van der Waals surface area contributed by atoms with Gasteiger partial charge < -0.3 is 5.32 Å². The third-order valence-corrected chi connectivity index (χ3v) is 3.23. The zero-order valence-corrected chi connectivity index (χ0v) is 10.6. The molecule has 0 atom stereocenters. The molecule has 0 aliphatic carbocycles. The number of anilines is 1. The molecule has 0 unspecified atom stereocenters. The summed E-state index contributed by atoms with van der Waals surface area (Å²) in [6.07, 6.45) is 1.80. The maximum Gasteiger partial charge on any atom is 0.123 e. The third kappa shape index (κ3) is 2.42. The van der Waals surface area contributed by atoms with Gasteiger partial charge in [-0.05, 0) is 48.4 Å². The molecule has 0 amide bonds. The lowest BCUT2D eigenvalue weighted by Crippen LogP contribution is -2.01. The van der Waals surface area contributed by atoms with Crippen LogP contribution in [-0.4, -0.2) is 10.2 Å². The molecule has 0 aliphatic heterocycles. The molecule has 2 aromatic carbocycles. The lowest BCUT2D eigenvalue weighted by Gasteiger charge is -2.09. The van der Waals surface area contributed by atoms with Crippen LogP contribution in [0.5, 0.6) is 0 Å². The lowest BCUT2D eigenvalue weighted by atomic mass is 10.1. The van der Waals surface area contributed by atoms with E-state index in [1.165, 1.54) is 6.07 Å². The summed E-state index contributed by atoms with van der Waals surface area (Å²) in [6, 6.07) is 10.9. The number of nitrogens with one attached hydrogen (secondary N) is 2. The molecular formula is C15H14FN3. The average molecular weight is 255 g/mol. The summed E-state index contributed by atoms with van der Waals surface area (Å²) < 4.78 is 13.0. The van der Waals surface area contributed by atoms with E-state index in [0.29, 0.717) is 6.54 Å². The number of nitrogens with zero attached hydrogens (tertiary/aromatic N) is 1. The Morgan fingerprint density at radius 2 is 2.11 bits per heavy atom. The van der Waals surface area contributed by atoms with Crippen molar-refractivity contribution in [3.63, 3.8) is 0 Å². The normalized spacial score (nSPS) is 10.8. The second-order valence-corrected chi connectivity index (χ2v) is 4.60. The SMILES string of the molecule is Cc1cc(F)ccc1CNc1ccc2[nH]ncc2c1. The third-order valence-electron chi connectivity index (χ3n) is 3.23. The van der Waals surface area contributed by atoms with Gasteiger partial charge in [-0.25, -0.2) is 4.39 Å². The van der Waals surface area contributed by atoms with E-state index in [2.05, 4.69) is 15.5 Å². The van der Waals surface area contributed by atoms with E-state index in [-0.39, 0.29) is 5.82 Å². The molecular weight excluding hydrogens is 241 g/mol. The van der Waals surface area contributed by atoms with Gasteiger partial charge in [-0.15, -0.1) is 0 Å². The Labute approximate surface area is 110 Å². The summed E-state index contributed by atoms with van der Waals surface area (Å²) in [7, 11) is 0. The first-order valence-electron chi connectivity index (χ1n) is 6.14. The number of aromatic nitrogens is 2. The Morgan fingerprint density at radius 3 is 2.95 bits per heavy atom. The quantitative estimate of drug-likeness (QED) is 0.750. The molecule has 3 aromatic rings. The van der Waals surface area contributed by atoms with Crippen molar-refractivity contribution in [2.75, 3.05) is 5.32 Å². The van der Waals surface area contributed by atoms with E-state index in [0.717, 1.165) is 27.7 Å². The van der Waals surface area contributed by atoms with E-state index < -0.39 is 0 Å². The van der Waals surface area contributed by atoms with Crippen LogP contribution in [0.2, 0.25) is 0 Å². The summed E-state index contributed by atoms with van der Waals surface area (Å²) in [6.45, 7) is 2.59. The summed E-state index contributed by atoms with van der Waals surface area (Å²) in [5.41, 5.74) is 4.09. The number of halogens is 1. The van der Waals surface area contributed by atoms with Crippen LogP contribution >= 0.6 is 0 Å². The number of rotatable bonds is 3. The molecule has 0 bridgehead atoms. The number of aromatic amines is 1.